The predicted molar refractivity (Wildman–Crippen MR) is 99.3 cm³/mol. The van der Waals surface area contributed by atoms with Gasteiger partial charge >= 0.3 is 5.97 Å². The third-order valence-electron chi connectivity index (χ3n) is 5.36. The summed E-state index contributed by atoms with van der Waals surface area (Å²) < 4.78 is 0. The molecule has 1 aromatic carbocycles. The lowest BCUT2D eigenvalue weighted by Gasteiger charge is -2.33. The summed E-state index contributed by atoms with van der Waals surface area (Å²) in [5, 5.41) is 42.8. The van der Waals surface area contributed by atoms with Crippen molar-refractivity contribution in [2.24, 2.45) is 17.8 Å². The molecule has 154 valence electrons. The minimum atomic E-state index is -1.19. The van der Waals surface area contributed by atoms with Gasteiger partial charge in [-0.05, 0) is 49.3 Å². The number of carbonyl (C=O) groups is 2. The normalized spacial score (nSPS) is 24.2. The van der Waals surface area contributed by atoms with Crippen LogP contribution in [0.2, 0.25) is 0 Å². The standard InChI is InChI=1S/C19H26N2O7/c1-11-2-7-14(15(10-11)19(25)26)18(24)20-16(8-9-22)17(23)12-3-5-13(6-4-12)21(27)28/h3-6,11,14-17,22-23H,2,7-10H2,1H3,(H,20,24)(H,25,26)/t11?,14?,15?,16-,17-/m0/s1. The molecule has 9 nitrogen and oxygen atoms in total. The predicted octanol–water partition coefficient (Wildman–Crippen LogP) is 1.63. The number of non-ortho nitro benzene ring substituents is 1. The molecule has 4 N–H and O–H groups in total. The number of nitro groups is 1. The number of amides is 1. The molecule has 0 radical (unpaired) electrons. The average Bonchev–Trinajstić information content (AvgIpc) is 2.66. The number of nitrogens with one attached hydrogen (secondary N) is 1. The number of hydrogen-bond acceptors (Lipinski definition) is 6. The quantitative estimate of drug-likeness (QED) is 0.386. The molecule has 1 fully saturated rings. The van der Waals surface area contributed by atoms with E-state index >= 15 is 0 Å². The molecular formula is C19H26N2O7. The zero-order chi connectivity index (χ0) is 20.8. The average molecular weight is 394 g/mol. The molecule has 1 aromatic rings. The van der Waals surface area contributed by atoms with Gasteiger partial charge < -0.3 is 20.6 Å². The molecule has 1 aliphatic carbocycles. The van der Waals surface area contributed by atoms with Crippen molar-refractivity contribution in [3.8, 4) is 0 Å². The van der Waals surface area contributed by atoms with E-state index in [9.17, 15) is 35.0 Å². The molecule has 9 heteroatoms. The van der Waals surface area contributed by atoms with E-state index in [2.05, 4.69) is 5.32 Å². The van der Waals surface area contributed by atoms with Crippen LogP contribution >= 0.6 is 0 Å². The monoisotopic (exact) mass is 394 g/mol. The molecule has 2 rings (SSSR count). The number of aliphatic hydroxyl groups excluding tert-OH is 2. The molecule has 0 aromatic heterocycles. The highest BCUT2D eigenvalue weighted by molar-refractivity contribution is 5.85. The summed E-state index contributed by atoms with van der Waals surface area (Å²) in [7, 11) is 0. The fourth-order valence-electron chi connectivity index (χ4n) is 3.73. The second-order valence-electron chi connectivity index (χ2n) is 7.39. The van der Waals surface area contributed by atoms with E-state index in [1.54, 1.807) is 0 Å². The van der Waals surface area contributed by atoms with E-state index in [1.807, 2.05) is 6.92 Å². The fourth-order valence-corrected chi connectivity index (χ4v) is 3.73. The molecule has 1 amide bonds. The minimum Gasteiger partial charge on any atom is -0.481 e. The number of rotatable bonds is 8. The van der Waals surface area contributed by atoms with Crippen molar-refractivity contribution in [1.82, 2.24) is 5.32 Å². The number of nitrogens with zero attached hydrogens (tertiary/aromatic N) is 1. The summed E-state index contributed by atoms with van der Waals surface area (Å²) >= 11 is 0. The van der Waals surface area contributed by atoms with Gasteiger partial charge in [0.15, 0.2) is 0 Å². The first-order valence-corrected chi connectivity index (χ1v) is 9.31. The maximum absolute atomic E-state index is 12.7. The molecule has 5 atom stereocenters. The molecule has 28 heavy (non-hydrogen) atoms. The van der Waals surface area contributed by atoms with Gasteiger partial charge in [0.25, 0.3) is 5.69 Å². The number of carboxylic acid groups (broad SMARTS) is 1. The van der Waals surface area contributed by atoms with Crippen LogP contribution in [0.3, 0.4) is 0 Å². The number of carbonyl (C=O) groups excluding carboxylic acids is 1. The molecule has 1 saturated carbocycles. The van der Waals surface area contributed by atoms with E-state index in [4.69, 9.17) is 0 Å². The Morgan fingerprint density at radius 2 is 1.89 bits per heavy atom. The number of aliphatic hydroxyl groups is 2. The maximum Gasteiger partial charge on any atom is 0.307 e. The van der Waals surface area contributed by atoms with Crippen LogP contribution in [0, 0.1) is 27.9 Å². The van der Waals surface area contributed by atoms with Gasteiger partial charge in [0.1, 0.15) is 0 Å². The number of aliphatic carboxylic acids is 1. The SMILES string of the molecule is CC1CCC(C(=O)N[C@@H](CCO)[C@@H](O)c2ccc([N+](=O)[O-])cc2)C(C(=O)O)C1. The van der Waals surface area contributed by atoms with Crippen molar-refractivity contribution in [3.63, 3.8) is 0 Å². The highest BCUT2D eigenvalue weighted by atomic mass is 16.6. The Labute approximate surface area is 162 Å². The van der Waals surface area contributed by atoms with Gasteiger partial charge in [-0.25, -0.2) is 0 Å². The van der Waals surface area contributed by atoms with Crippen molar-refractivity contribution in [3.05, 3.63) is 39.9 Å². The Bertz CT molecular complexity index is 707. The van der Waals surface area contributed by atoms with Crippen molar-refractivity contribution >= 4 is 17.6 Å². The summed E-state index contributed by atoms with van der Waals surface area (Å²) in [5.41, 5.74) is 0.232. The molecule has 1 aliphatic rings. The summed E-state index contributed by atoms with van der Waals surface area (Å²) in [6, 6.07) is 4.44. The van der Waals surface area contributed by atoms with Crippen LogP contribution in [-0.2, 0) is 9.59 Å². The lowest BCUT2D eigenvalue weighted by Crippen LogP contribution is -2.47. The third kappa shape index (κ3) is 5.26. The van der Waals surface area contributed by atoms with Gasteiger partial charge in [0.2, 0.25) is 5.91 Å². The zero-order valence-corrected chi connectivity index (χ0v) is 15.7. The third-order valence-corrected chi connectivity index (χ3v) is 5.36. The van der Waals surface area contributed by atoms with E-state index in [0.717, 1.165) is 6.42 Å². The van der Waals surface area contributed by atoms with Gasteiger partial charge in [-0.1, -0.05) is 6.92 Å². The summed E-state index contributed by atoms with van der Waals surface area (Å²) in [6.45, 7) is 1.66. The van der Waals surface area contributed by atoms with Crippen molar-refractivity contribution in [1.29, 1.82) is 0 Å². The molecule has 0 spiro atoms. The Balaban J connectivity index is 2.13. The van der Waals surface area contributed by atoms with Crippen LogP contribution in [0.5, 0.6) is 0 Å². The van der Waals surface area contributed by atoms with Crippen LogP contribution in [0.15, 0.2) is 24.3 Å². The highest BCUT2D eigenvalue weighted by Crippen LogP contribution is 2.34. The molecule has 0 saturated heterocycles. The van der Waals surface area contributed by atoms with E-state index in [1.165, 1.54) is 24.3 Å². The smallest absolute Gasteiger partial charge is 0.307 e. The topological polar surface area (TPSA) is 150 Å². The minimum absolute atomic E-state index is 0.0603. The Hall–Kier alpha value is -2.52. The van der Waals surface area contributed by atoms with Crippen molar-refractivity contribution < 1.29 is 29.8 Å². The Morgan fingerprint density at radius 1 is 1.25 bits per heavy atom. The molecule has 3 unspecified atom stereocenters. The zero-order valence-electron chi connectivity index (χ0n) is 15.7. The highest BCUT2D eigenvalue weighted by Gasteiger charge is 2.39. The van der Waals surface area contributed by atoms with Crippen molar-refractivity contribution in [2.75, 3.05) is 6.61 Å². The summed E-state index contributed by atoms with van der Waals surface area (Å²) in [5.74, 6) is -2.72. The van der Waals surface area contributed by atoms with Gasteiger partial charge in [0.05, 0.1) is 28.9 Å². The largest absolute Gasteiger partial charge is 0.481 e. The van der Waals surface area contributed by atoms with Crippen LogP contribution in [-0.4, -0.2) is 44.8 Å². The summed E-state index contributed by atoms with van der Waals surface area (Å²) in [6.07, 6.45) is 0.483. The first-order valence-electron chi connectivity index (χ1n) is 9.31. The number of carboxylic acids is 1. The second kappa shape index (κ2) is 9.61. The van der Waals surface area contributed by atoms with Crippen LogP contribution in [0.25, 0.3) is 0 Å². The number of nitro benzene ring substituents is 1. The van der Waals surface area contributed by atoms with E-state index in [-0.39, 0.29) is 24.6 Å². The van der Waals surface area contributed by atoms with Gasteiger partial charge in [-0.15, -0.1) is 0 Å². The van der Waals surface area contributed by atoms with Gasteiger partial charge in [0, 0.05) is 18.7 Å². The molecular weight excluding hydrogens is 368 g/mol. The first-order chi connectivity index (χ1) is 13.2. The maximum atomic E-state index is 12.7. The van der Waals surface area contributed by atoms with Crippen LogP contribution in [0.1, 0.15) is 44.3 Å². The van der Waals surface area contributed by atoms with Gasteiger partial charge in [-0.2, -0.15) is 0 Å². The Morgan fingerprint density at radius 3 is 2.43 bits per heavy atom. The summed E-state index contributed by atoms with van der Waals surface area (Å²) in [4.78, 5) is 34.5. The molecule has 0 aliphatic heterocycles. The number of benzene rings is 1. The molecule has 0 bridgehead atoms. The van der Waals surface area contributed by atoms with E-state index in [0.29, 0.717) is 18.4 Å². The van der Waals surface area contributed by atoms with Crippen LogP contribution < -0.4 is 5.32 Å². The second-order valence-corrected chi connectivity index (χ2v) is 7.39. The van der Waals surface area contributed by atoms with E-state index < -0.39 is 40.8 Å². The van der Waals surface area contributed by atoms with Crippen molar-refractivity contribution in [2.45, 2.75) is 44.8 Å². The van der Waals surface area contributed by atoms with Crippen LogP contribution in [0.4, 0.5) is 5.69 Å². The first kappa shape index (κ1) is 21.8. The molecule has 0 heterocycles. The Kier molecular flexibility index (Phi) is 7.47. The van der Waals surface area contributed by atoms with Gasteiger partial charge in [-0.3, -0.25) is 19.7 Å². The number of hydrogen-bond donors (Lipinski definition) is 4. The lowest BCUT2D eigenvalue weighted by molar-refractivity contribution is -0.384. The lowest BCUT2D eigenvalue weighted by atomic mass is 9.74. The fraction of sp³-hybridized carbons (Fsp3) is 0.579.